The van der Waals surface area contributed by atoms with E-state index in [1.165, 1.54) is 33.7 Å². The molecule has 2 aromatic rings. The third-order valence-electron chi connectivity index (χ3n) is 4.19. The van der Waals surface area contributed by atoms with E-state index >= 15 is 0 Å². The molecule has 0 unspecified atom stereocenters. The number of hydrogen-bond acceptors (Lipinski definition) is 0. The van der Waals surface area contributed by atoms with Crippen LogP contribution in [-0.4, -0.2) is 0 Å². The molecule has 0 aromatic heterocycles. The standard InChI is InChI=1S/C23H17/c1-5-11-19(12-6-1)23(20-13-7-2-8-14-20)22-17-16-18-10-4-3-9-15-21(18)22/h1-17H. The summed E-state index contributed by atoms with van der Waals surface area (Å²) in [5, 5.41) is 0. The zero-order chi connectivity index (χ0) is 15.5. The van der Waals surface area contributed by atoms with Crippen molar-refractivity contribution in [3.63, 3.8) is 0 Å². The molecule has 109 valence electrons. The Balaban J connectivity index is 1.93. The number of rotatable bonds is 3. The summed E-state index contributed by atoms with van der Waals surface area (Å²) >= 11 is 0. The highest BCUT2D eigenvalue weighted by Crippen LogP contribution is 2.38. The van der Waals surface area contributed by atoms with Crippen LogP contribution in [0.15, 0.2) is 103 Å². The second-order valence-corrected chi connectivity index (χ2v) is 5.63. The summed E-state index contributed by atoms with van der Waals surface area (Å²) in [6, 6.07) is 36.4. The topological polar surface area (TPSA) is 0 Å². The molecule has 0 bridgehead atoms. The summed E-state index contributed by atoms with van der Waals surface area (Å²) in [7, 11) is 0. The molecule has 0 saturated heterocycles. The first-order valence-corrected chi connectivity index (χ1v) is 7.89. The van der Waals surface area contributed by atoms with E-state index in [-0.39, 0.29) is 0 Å². The van der Waals surface area contributed by atoms with E-state index in [0.29, 0.717) is 0 Å². The van der Waals surface area contributed by atoms with Crippen LogP contribution in [0.2, 0.25) is 0 Å². The van der Waals surface area contributed by atoms with Gasteiger partial charge in [0.2, 0.25) is 0 Å². The van der Waals surface area contributed by atoms with Gasteiger partial charge in [-0.3, -0.25) is 0 Å². The minimum absolute atomic E-state index is 1.25. The molecular weight excluding hydrogens is 276 g/mol. The monoisotopic (exact) mass is 293 g/mol. The Labute approximate surface area is 137 Å². The van der Waals surface area contributed by atoms with Crippen molar-refractivity contribution in [3.05, 3.63) is 126 Å². The average molecular weight is 293 g/mol. The van der Waals surface area contributed by atoms with E-state index in [1.54, 1.807) is 0 Å². The van der Waals surface area contributed by atoms with Crippen LogP contribution < -0.4 is 0 Å². The van der Waals surface area contributed by atoms with Crippen LogP contribution in [0.4, 0.5) is 0 Å². The van der Waals surface area contributed by atoms with Crippen molar-refractivity contribution in [1.29, 1.82) is 0 Å². The van der Waals surface area contributed by atoms with Gasteiger partial charge in [-0.2, -0.15) is 0 Å². The first-order valence-electron chi connectivity index (χ1n) is 7.89. The predicted molar refractivity (Wildman–Crippen MR) is 96.5 cm³/mol. The number of benzene rings is 2. The Morgan fingerprint density at radius 1 is 0.435 bits per heavy atom. The smallest absolute Gasteiger partial charge is 0.0622 e. The fourth-order valence-corrected chi connectivity index (χ4v) is 3.12. The third-order valence-corrected chi connectivity index (χ3v) is 4.19. The molecule has 0 nitrogen and oxygen atoms in total. The molecule has 2 aromatic carbocycles. The Hall–Kier alpha value is -2.86. The van der Waals surface area contributed by atoms with Crippen molar-refractivity contribution in [3.8, 4) is 11.1 Å². The molecule has 23 heavy (non-hydrogen) atoms. The minimum atomic E-state index is 1.25. The summed E-state index contributed by atoms with van der Waals surface area (Å²) < 4.78 is 0. The zero-order valence-electron chi connectivity index (χ0n) is 12.8. The van der Waals surface area contributed by atoms with Crippen molar-refractivity contribution in [1.82, 2.24) is 0 Å². The highest BCUT2D eigenvalue weighted by atomic mass is 14.2. The second kappa shape index (κ2) is 6.10. The van der Waals surface area contributed by atoms with Crippen LogP contribution in [-0.2, 0) is 0 Å². The zero-order valence-corrected chi connectivity index (χ0v) is 12.8. The van der Waals surface area contributed by atoms with Crippen molar-refractivity contribution in [2.45, 2.75) is 0 Å². The van der Waals surface area contributed by atoms with Crippen LogP contribution in [0.5, 0.6) is 0 Å². The predicted octanol–water partition coefficient (Wildman–Crippen LogP) is 5.81. The van der Waals surface area contributed by atoms with Gasteiger partial charge in [-0.25, -0.2) is 0 Å². The molecule has 2 aliphatic carbocycles. The van der Waals surface area contributed by atoms with Gasteiger partial charge in [0.05, 0.1) is 5.92 Å². The number of fused-ring (bicyclic) bond motifs is 1. The largest absolute Gasteiger partial charge is 0.0635 e. The maximum absolute atomic E-state index is 2.24. The van der Waals surface area contributed by atoms with Crippen LogP contribution in [0.1, 0.15) is 16.7 Å². The SMILES string of the molecule is c1ccc([C](c2ccccc2)c2ccc3cccccc2-3)cc1. The van der Waals surface area contributed by atoms with Crippen molar-refractivity contribution in [2.75, 3.05) is 0 Å². The Bertz CT molecular complexity index is 823. The summed E-state index contributed by atoms with van der Waals surface area (Å²) in [6.45, 7) is 0. The Kier molecular flexibility index (Phi) is 3.65. The lowest BCUT2D eigenvalue weighted by molar-refractivity contribution is 1.24. The number of hydrogen-bond donors (Lipinski definition) is 0. The molecule has 2 aliphatic rings. The minimum Gasteiger partial charge on any atom is -0.0622 e. The molecule has 0 heteroatoms. The van der Waals surface area contributed by atoms with Gasteiger partial charge in [-0.1, -0.05) is 103 Å². The molecule has 4 rings (SSSR count). The molecular formula is C23H17. The van der Waals surface area contributed by atoms with Gasteiger partial charge >= 0.3 is 0 Å². The molecule has 0 amide bonds. The van der Waals surface area contributed by atoms with Gasteiger partial charge in [-0.15, -0.1) is 0 Å². The first-order chi connectivity index (χ1) is 11.4. The molecule has 0 N–H and O–H groups in total. The van der Waals surface area contributed by atoms with E-state index in [1.807, 2.05) is 0 Å². The highest BCUT2D eigenvalue weighted by molar-refractivity contribution is 5.77. The molecule has 0 atom stereocenters. The van der Waals surface area contributed by atoms with Crippen LogP contribution in [0, 0.1) is 5.92 Å². The van der Waals surface area contributed by atoms with Crippen molar-refractivity contribution < 1.29 is 0 Å². The van der Waals surface area contributed by atoms with Crippen molar-refractivity contribution >= 4 is 0 Å². The summed E-state index contributed by atoms with van der Waals surface area (Å²) in [5.74, 6) is 1.28. The molecule has 0 fully saturated rings. The summed E-state index contributed by atoms with van der Waals surface area (Å²) in [5.41, 5.74) is 6.34. The van der Waals surface area contributed by atoms with Gasteiger partial charge < -0.3 is 0 Å². The Morgan fingerprint density at radius 2 is 0.957 bits per heavy atom. The van der Waals surface area contributed by atoms with Crippen LogP contribution >= 0.6 is 0 Å². The van der Waals surface area contributed by atoms with Gasteiger partial charge in [-0.05, 0) is 27.8 Å². The van der Waals surface area contributed by atoms with E-state index < -0.39 is 0 Å². The Morgan fingerprint density at radius 3 is 1.57 bits per heavy atom. The normalized spacial score (nSPS) is 11.0. The van der Waals surface area contributed by atoms with Gasteiger partial charge in [0.15, 0.2) is 0 Å². The first kappa shape index (κ1) is 13.8. The van der Waals surface area contributed by atoms with E-state index in [0.717, 1.165) is 0 Å². The van der Waals surface area contributed by atoms with Gasteiger partial charge in [0.25, 0.3) is 0 Å². The van der Waals surface area contributed by atoms with Gasteiger partial charge in [0.1, 0.15) is 0 Å². The third kappa shape index (κ3) is 2.64. The molecule has 0 aliphatic heterocycles. The molecule has 1 radical (unpaired) electrons. The quantitative estimate of drug-likeness (QED) is 0.447. The maximum Gasteiger partial charge on any atom is 0.0635 e. The van der Waals surface area contributed by atoms with E-state index in [4.69, 9.17) is 0 Å². The van der Waals surface area contributed by atoms with Crippen molar-refractivity contribution in [2.24, 2.45) is 0 Å². The maximum atomic E-state index is 2.24. The summed E-state index contributed by atoms with van der Waals surface area (Å²) in [4.78, 5) is 0. The molecule has 0 saturated carbocycles. The molecule has 0 spiro atoms. The van der Waals surface area contributed by atoms with Crippen LogP contribution in [0.25, 0.3) is 11.1 Å². The van der Waals surface area contributed by atoms with E-state index in [9.17, 15) is 0 Å². The fraction of sp³-hybridized carbons (Fsp3) is 0. The lowest BCUT2D eigenvalue weighted by Crippen LogP contribution is -2.04. The average Bonchev–Trinajstić information content (AvgIpc) is 2.85. The molecule has 0 heterocycles. The highest BCUT2D eigenvalue weighted by Gasteiger charge is 2.22. The summed E-state index contributed by atoms with van der Waals surface area (Å²) in [6.07, 6.45) is 0. The second-order valence-electron chi connectivity index (χ2n) is 5.63. The lowest BCUT2D eigenvalue weighted by atomic mass is 9.84. The van der Waals surface area contributed by atoms with Crippen LogP contribution in [0.3, 0.4) is 0 Å². The van der Waals surface area contributed by atoms with E-state index in [2.05, 4.69) is 103 Å². The lowest BCUT2D eigenvalue weighted by Gasteiger charge is -2.18. The fourth-order valence-electron chi connectivity index (χ4n) is 3.12. The van der Waals surface area contributed by atoms with Gasteiger partial charge in [0, 0.05) is 0 Å².